The van der Waals surface area contributed by atoms with Gasteiger partial charge >= 0.3 is 0 Å². The van der Waals surface area contributed by atoms with Crippen molar-refractivity contribution in [1.82, 2.24) is 9.97 Å². The summed E-state index contributed by atoms with van der Waals surface area (Å²) in [7, 11) is 0. The van der Waals surface area contributed by atoms with Gasteiger partial charge in [0.05, 0.1) is 5.39 Å². The van der Waals surface area contributed by atoms with Crippen LogP contribution in [0.1, 0.15) is 16.0 Å². The summed E-state index contributed by atoms with van der Waals surface area (Å²) in [5, 5.41) is 5.35. The van der Waals surface area contributed by atoms with E-state index in [2.05, 4.69) is 41.3 Å². The number of hydrogen-bond acceptors (Lipinski definition) is 4. The Hall–Kier alpha value is -1.65. The summed E-state index contributed by atoms with van der Waals surface area (Å²) >= 11 is 7.61. The van der Waals surface area contributed by atoms with E-state index in [1.54, 1.807) is 17.7 Å². The first kappa shape index (κ1) is 14.3. The third-order valence-corrected chi connectivity index (χ3v) is 4.95. The normalized spacial score (nSPS) is 11.0. The molecule has 0 bridgehead atoms. The van der Waals surface area contributed by atoms with Crippen molar-refractivity contribution in [3.63, 3.8) is 0 Å². The van der Waals surface area contributed by atoms with Crippen LogP contribution in [0.3, 0.4) is 0 Å². The number of rotatable bonds is 4. The average Bonchev–Trinajstić information content (AvgIpc) is 2.77. The fraction of sp³-hybridized carbons (Fsp3) is 0.250. The fourth-order valence-electron chi connectivity index (χ4n) is 2.29. The number of nitrogens with one attached hydrogen (secondary N) is 1. The molecule has 0 atom stereocenters. The van der Waals surface area contributed by atoms with Gasteiger partial charge in [-0.2, -0.15) is 0 Å². The van der Waals surface area contributed by atoms with Crippen LogP contribution in [0.25, 0.3) is 10.2 Å². The van der Waals surface area contributed by atoms with Gasteiger partial charge in [-0.15, -0.1) is 11.3 Å². The predicted molar refractivity (Wildman–Crippen MR) is 90.5 cm³/mol. The number of benzene rings is 1. The highest BCUT2D eigenvalue weighted by Gasteiger charge is 2.11. The number of hydrogen-bond donors (Lipinski definition) is 1. The molecule has 21 heavy (non-hydrogen) atoms. The van der Waals surface area contributed by atoms with Crippen LogP contribution in [-0.4, -0.2) is 16.5 Å². The Kier molecular flexibility index (Phi) is 4.08. The summed E-state index contributed by atoms with van der Waals surface area (Å²) in [4.78, 5) is 11.1. The van der Waals surface area contributed by atoms with Crippen molar-refractivity contribution in [2.45, 2.75) is 20.3 Å². The lowest BCUT2D eigenvalue weighted by molar-refractivity contribution is 1.01. The van der Waals surface area contributed by atoms with Crippen LogP contribution in [0.5, 0.6) is 0 Å². The number of halogens is 1. The monoisotopic (exact) mass is 317 g/mol. The Balaban J connectivity index is 1.75. The molecule has 1 aromatic carbocycles. The maximum Gasteiger partial charge on any atom is 0.138 e. The van der Waals surface area contributed by atoms with Crippen molar-refractivity contribution in [2.75, 3.05) is 11.9 Å². The van der Waals surface area contributed by atoms with Crippen molar-refractivity contribution in [3.05, 3.63) is 51.6 Å². The first-order valence-corrected chi connectivity index (χ1v) is 8.03. The predicted octanol–water partition coefficient (Wildman–Crippen LogP) is 4.62. The smallest absolute Gasteiger partial charge is 0.138 e. The molecule has 2 aromatic heterocycles. The molecular weight excluding hydrogens is 302 g/mol. The third kappa shape index (κ3) is 3.01. The van der Waals surface area contributed by atoms with Crippen molar-refractivity contribution in [1.29, 1.82) is 0 Å². The lowest BCUT2D eigenvalue weighted by Gasteiger charge is -2.07. The summed E-state index contributed by atoms with van der Waals surface area (Å²) in [5.41, 5.74) is 2.53. The van der Waals surface area contributed by atoms with Gasteiger partial charge in [-0.3, -0.25) is 0 Å². The molecule has 0 saturated heterocycles. The number of aromatic nitrogens is 2. The molecule has 2 heterocycles. The minimum atomic E-state index is 0.772. The molecule has 0 fully saturated rings. The van der Waals surface area contributed by atoms with Gasteiger partial charge in [-0.05, 0) is 43.5 Å². The standard InChI is InChI=1S/C16H16ClN3S/c1-10-11(2)21-16-14(10)15(19-9-20-16)18-8-7-12-3-5-13(17)6-4-12/h3-6,9H,7-8H2,1-2H3,(H,18,19,20). The van der Waals surface area contributed by atoms with E-state index in [4.69, 9.17) is 11.6 Å². The highest BCUT2D eigenvalue weighted by molar-refractivity contribution is 7.18. The third-order valence-electron chi connectivity index (χ3n) is 3.58. The molecule has 108 valence electrons. The summed E-state index contributed by atoms with van der Waals surface area (Å²) < 4.78 is 0. The SMILES string of the molecule is Cc1sc2ncnc(NCCc3ccc(Cl)cc3)c2c1C. The summed E-state index contributed by atoms with van der Waals surface area (Å²) in [6.07, 6.45) is 2.56. The first-order valence-electron chi connectivity index (χ1n) is 6.84. The minimum Gasteiger partial charge on any atom is -0.369 e. The zero-order valence-corrected chi connectivity index (χ0v) is 13.6. The zero-order chi connectivity index (χ0) is 14.8. The van der Waals surface area contributed by atoms with Crippen LogP contribution >= 0.6 is 22.9 Å². The van der Waals surface area contributed by atoms with Gasteiger partial charge in [0, 0.05) is 16.4 Å². The molecule has 0 spiro atoms. The summed E-state index contributed by atoms with van der Waals surface area (Å²) in [5.74, 6) is 0.927. The van der Waals surface area contributed by atoms with Crippen LogP contribution in [0.4, 0.5) is 5.82 Å². The molecular formula is C16H16ClN3S. The van der Waals surface area contributed by atoms with E-state index in [0.29, 0.717) is 0 Å². The molecule has 0 amide bonds. The Labute approximate surface area is 133 Å². The molecule has 5 heteroatoms. The molecule has 0 radical (unpaired) electrons. The molecule has 0 saturated carbocycles. The Morgan fingerprint density at radius 2 is 1.90 bits per heavy atom. The molecule has 3 nitrogen and oxygen atoms in total. The van der Waals surface area contributed by atoms with Crippen molar-refractivity contribution >= 4 is 39.0 Å². The van der Waals surface area contributed by atoms with Crippen LogP contribution in [0, 0.1) is 13.8 Å². The van der Waals surface area contributed by atoms with E-state index in [-0.39, 0.29) is 0 Å². The van der Waals surface area contributed by atoms with E-state index in [1.807, 2.05) is 12.1 Å². The van der Waals surface area contributed by atoms with Crippen LogP contribution < -0.4 is 5.32 Å². The van der Waals surface area contributed by atoms with Gasteiger partial charge in [-0.1, -0.05) is 23.7 Å². The van der Waals surface area contributed by atoms with Crippen molar-refractivity contribution < 1.29 is 0 Å². The fourth-order valence-corrected chi connectivity index (χ4v) is 3.42. The summed E-state index contributed by atoms with van der Waals surface area (Å²) in [6, 6.07) is 7.96. The minimum absolute atomic E-state index is 0.772. The summed E-state index contributed by atoms with van der Waals surface area (Å²) in [6.45, 7) is 5.09. The number of nitrogens with zero attached hydrogens (tertiary/aromatic N) is 2. The second kappa shape index (κ2) is 6.00. The second-order valence-electron chi connectivity index (χ2n) is 4.99. The largest absolute Gasteiger partial charge is 0.369 e. The topological polar surface area (TPSA) is 37.8 Å². The molecule has 0 aliphatic carbocycles. The molecule has 0 aliphatic rings. The van der Waals surface area contributed by atoms with Crippen molar-refractivity contribution in [3.8, 4) is 0 Å². The zero-order valence-electron chi connectivity index (χ0n) is 12.0. The van der Waals surface area contributed by atoms with Gasteiger partial charge in [0.1, 0.15) is 17.0 Å². The van der Waals surface area contributed by atoms with Gasteiger partial charge in [0.25, 0.3) is 0 Å². The molecule has 3 rings (SSSR count). The van der Waals surface area contributed by atoms with E-state index >= 15 is 0 Å². The molecule has 0 unspecified atom stereocenters. The highest BCUT2D eigenvalue weighted by atomic mass is 35.5. The number of anilines is 1. The quantitative estimate of drug-likeness (QED) is 0.763. The molecule has 0 aliphatic heterocycles. The van der Waals surface area contributed by atoms with E-state index in [0.717, 1.165) is 34.0 Å². The van der Waals surface area contributed by atoms with Gasteiger partial charge in [0.2, 0.25) is 0 Å². The lowest BCUT2D eigenvalue weighted by Crippen LogP contribution is -2.07. The number of fused-ring (bicyclic) bond motifs is 1. The Morgan fingerprint density at radius 3 is 2.67 bits per heavy atom. The first-order chi connectivity index (χ1) is 10.1. The molecule has 1 N–H and O–H groups in total. The van der Waals surface area contributed by atoms with Crippen LogP contribution in [0.2, 0.25) is 5.02 Å². The van der Waals surface area contributed by atoms with Gasteiger partial charge in [0.15, 0.2) is 0 Å². The highest BCUT2D eigenvalue weighted by Crippen LogP contribution is 2.32. The number of thiophene rings is 1. The molecule has 3 aromatic rings. The van der Waals surface area contributed by atoms with E-state index < -0.39 is 0 Å². The Bertz CT molecular complexity index is 765. The Morgan fingerprint density at radius 1 is 1.14 bits per heavy atom. The maximum atomic E-state index is 5.90. The van der Waals surface area contributed by atoms with E-state index in [9.17, 15) is 0 Å². The van der Waals surface area contributed by atoms with Crippen LogP contribution in [0.15, 0.2) is 30.6 Å². The van der Waals surface area contributed by atoms with Crippen molar-refractivity contribution in [2.24, 2.45) is 0 Å². The second-order valence-corrected chi connectivity index (χ2v) is 6.63. The van der Waals surface area contributed by atoms with Gasteiger partial charge < -0.3 is 5.32 Å². The lowest BCUT2D eigenvalue weighted by atomic mass is 10.1. The maximum absolute atomic E-state index is 5.90. The average molecular weight is 318 g/mol. The van der Waals surface area contributed by atoms with Crippen LogP contribution in [-0.2, 0) is 6.42 Å². The van der Waals surface area contributed by atoms with Gasteiger partial charge in [-0.25, -0.2) is 9.97 Å². The number of aryl methyl sites for hydroxylation is 2. The van der Waals surface area contributed by atoms with E-state index in [1.165, 1.54) is 16.0 Å².